The molecule has 4 nitrogen and oxygen atoms in total. The van der Waals surface area contributed by atoms with Crippen LogP contribution in [0, 0.1) is 5.92 Å². The molecule has 0 saturated heterocycles. The van der Waals surface area contributed by atoms with Crippen molar-refractivity contribution < 1.29 is 14.4 Å². The molecule has 1 atom stereocenters. The summed E-state index contributed by atoms with van der Waals surface area (Å²) in [6, 6.07) is 0. The topological polar surface area (TPSA) is 61.5 Å². The van der Waals surface area contributed by atoms with Crippen LogP contribution in [0.2, 0.25) is 0 Å². The fraction of sp³-hybridized carbons (Fsp3) is 0.875. The number of hydrogen-bond acceptors (Lipinski definition) is 4. The number of rotatable bonds is 6. The largest absolute Gasteiger partial charge is 0.384 e. The Labute approximate surface area is 73.0 Å². The van der Waals surface area contributed by atoms with Crippen LogP contribution in [0.1, 0.15) is 26.2 Å². The first kappa shape index (κ1) is 11.4. The number of carbonyl (C=O) groups is 1. The molecule has 0 aliphatic carbocycles. The predicted octanol–water partition coefficient (Wildman–Crippen LogP) is 0.856. The highest BCUT2D eigenvalue weighted by Gasteiger charge is 2.13. The van der Waals surface area contributed by atoms with E-state index in [0.29, 0.717) is 13.0 Å². The zero-order chi connectivity index (χ0) is 9.40. The Morgan fingerprint density at radius 3 is 2.67 bits per heavy atom. The molecular weight excluding hydrogens is 158 g/mol. The third-order valence-electron chi connectivity index (χ3n) is 1.69. The van der Waals surface area contributed by atoms with Gasteiger partial charge in [-0.05, 0) is 12.3 Å². The van der Waals surface area contributed by atoms with E-state index >= 15 is 0 Å². The first-order valence-corrected chi connectivity index (χ1v) is 4.13. The SMILES string of the molecule is CCCC(COC)CC(=O)ON. The zero-order valence-corrected chi connectivity index (χ0v) is 7.71. The van der Waals surface area contributed by atoms with Gasteiger partial charge in [-0.2, -0.15) is 5.90 Å². The molecule has 72 valence electrons. The summed E-state index contributed by atoms with van der Waals surface area (Å²) in [6.07, 6.45) is 2.34. The van der Waals surface area contributed by atoms with Crippen molar-refractivity contribution in [2.24, 2.45) is 11.8 Å². The Bertz CT molecular complexity index is 121. The molecule has 0 heterocycles. The molecule has 0 aliphatic rings. The molecule has 0 aromatic rings. The first-order valence-electron chi connectivity index (χ1n) is 4.13. The van der Waals surface area contributed by atoms with E-state index in [-0.39, 0.29) is 11.9 Å². The quantitative estimate of drug-likeness (QED) is 0.608. The second-order valence-electron chi connectivity index (χ2n) is 2.80. The lowest BCUT2D eigenvalue weighted by atomic mass is 10.0. The van der Waals surface area contributed by atoms with E-state index < -0.39 is 0 Å². The molecule has 1 unspecified atom stereocenters. The number of hydrogen-bond donors (Lipinski definition) is 1. The van der Waals surface area contributed by atoms with Gasteiger partial charge in [-0.25, -0.2) is 0 Å². The van der Waals surface area contributed by atoms with Crippen LogP contribution in [0.15, 0.2) is 0 Å². The number of carbonyl (C=O) groups excluding carboxylic acids is 1. The summed E-state index contributed by atoms with van der Waals surface area (Å²) in [5, 5.41) is 0. The Morgan fingerprint density at radius 2 is 2.25 bits per heavy atom. The van der Waals surface area contributed by atoms with Crippen LogP contribution >= 0.6 is 0 Å². The highest BCUT2D eigenvalue weighted by atomic mass is 16.7. The van der Waals surface area contributed by atoms with Crippen molar-refractivity contribution in [2.45, 2.75) is 26.2 Å². The standard InChI is InChI=1S/C8H17NO3/c1-3-4-7(6-11-2)5-8(10)12-9/h7H,3-6,9H2,1-2H3. The second-order valence-corrected chi connectivity index (χ2v) is 2.80. The minimum Gasteiger partial charge on any atom is -0.384 e. The molecule has 0 amide bonds. The predicted molar refractivity (Wildman–Crippen MR) is 45.2 cm³/mol. The molecule has 0 bridgehead atoms. The number of ether oxygens (including phenoxy) is 1. The highest BCUT2D eigenvalue weighted by Crippen LogP contribution is 2.11. The first-order chi connectivity index (χ1) is 5.74. The monoisotopic (exact) mass is 175 g/mol. The van der Waals surface area contributed by atoms with Crippen molar-refractivity contribution in [3.63, 3.8) is 0 Å². The molecule has 0 radical (unpaired) electrons. The van der Waals surface area contributed by atoms with Gasteiger partial charge < -0.3 is 9.57 Å². The van der Waals surface area contributed by atoms with E-state index in [1.807, 2.05) is 0 Å². The van der Waals surface area contributed by atoms with Gasteiger partial charge in [0.2, 0.25) is 0 Å². The van der Waals surface area contributed by atoms with E-state index in [1.54, 1.807) is 7.11 Å². The van der Waals surface area contributed by atoms with Gasteiger partial charge in [0, 0.05) is 13.7 Å². The van der Waals surface area contributed by atoms with E-state index in [4.69, 9.17) is 10.6 Å². The fourth-order valence-corrected chi connectivity index (χ4v) is 1.17. The van der Waals surface area contributed by atoms with Crippen molar-refractivity contribution in [1.29, 1.82) is 0 Å². The lowest BCUT2D eigenvalue weighted by Gasteiger charge is -2.12. The maximum absolute atomic E-state index is 10.8. The lowest BCUT2D eigenvalue weighted by molar-refractivity contribution is -0.145. The Kier molecular flexibility index (Phi) is 6.70. The third-order valence-corrected chi connectivity index (χ3v) is 1.69. The Hall–Kier alpha value is -0.610. The molecular formula is C8H17NO3. The lowest BCUT2D eigenvalue weighted by Crippen LogP contribution is -2.18. The summed E-state index contributed by atoms with van der Waals surface area (Å²) in [4.78, 5) is 14.8. The highest BCUT2D eigenvalue weighted by molar-refractivity contribution is 5.69. The van der Waals surface area contributed by atoms with Crippen molar-refractivity contribution in [2.75, 3.05) is 13.7 Å². The van der Waals surface area contributed by atoms with Gasteiger partial charge >= 0.3 is 5.97 Å². The Balaban J connectivity index is 3.68. The average Bonchev–Trinajstić information content (AvgIpc) is 2.05. The summed E-state index contributed by atoms with van der Waals surface area (Å²) in [5.74, 6) is 4.58. The van der Waals surface area contributed by atoms with Gasteiger partial charge in [0.15, 0.2) is 0 Å². The van der Waals surface area contributed by atoms with Crippen LogP contribution in [0.3, 0.4) is 0 Å². The second kappa shape index (κ2) is 7.06. The van der Waals surface area contributed by atoms with E-state index in [0.717, 1.165) is 12.8 Å². The van der Waals surface area contributed by atoms with Crippen LogP contribution in [0.25, 0.3) is 0 Å². The normalized spacial score (nSPS) is 12.6. The van der Waals surface area contributed by atoms with E-state index in [9.17, 15) is 4.79 Å². The fourth-order valence-electron chi connectivity index (χ4n) is 1.17. The van der Waals surface area contributed by atoms with Crippen LogP contribution in [-0.4, -0.2) is 19.7 Å². The molecule has 12 heavy (non-hydrogen) atoms. The van der Waals surface area contributed by atoms with Gasteiger partial charge in [-0.3, -0.25) is 4.79 Å². The molecule has 0 fully saturated rings. The zero-order valence-electron chi connectivity index (χ0n) is 7.71. The van der Waals surface area contributed by atoms with Gasteiger partial charge in [-0.15, -0.1) is 0 Å². The maximum atomic E-state index is 10.8. The van der Waals surface area contributed by atoms with Gasteiger partial charge in [0.25, 0.3) is 0 Å². The van der Waals surface area contributed by atoms with Gasteiger partial charge in [0.1, 0.15) is 0 Å². The number of nitrogens with two attached hydrogens (primary N) is 1. The summed E-state index contributed by atoms with van der Waals surface area (Å²) in [5.41, 5.74) is 0. The minimum atomic E-state index is -0.370. The van der Waals surface area contributed by atoms with Crippen LogP contribution in [0.5, 0.6) is 0 Å². The van der Waals surface area contributed by atoms with Crippen molar-refractivity contribution in [3.8, 4) is 0 Å². The van der Waals surface area contributed by atoms with Gasteiger partial charge in [-0.1, -0.05) is 13.3 Å². The maximum Gasteiger partial charge on any atom is 0.324 e. The van der Waals surface area contributed by atoms with E-state index in [2.05, 4.69) is 11.8 Å². The molecule has 2 N–H and O–H groups in total. The molecule has 0 aromatic carbocycles. The molecule has 0 rings (SSSR count). The van der Waals surface area contributed by atoms with Crippen molar-refractivity contribution in [3.05, 3.63) is 0 Å². The van der Waals surface area contributed by atoms with Crippen LogP contribution in [0.4, 0.5) is 0 Å². The van der Waals surface area contributed by atoms with Crippen molar-refractivity contribution in [1.82, 2.24) is 0 Å². The van der Waals surface area contributed by atoms with Crippen LogP contribution < -0.4 is 5.90 Å². The third kappa shape index (κ3) is 5.09. The summed E-state index contributed by atoms with van der Waals surface area (Å²) in [6.45, 7) is 2.65. The molecule has 0 aliphatic heterocycles. The molecule has 0 saturated carbocycles. The smallest absolute Gasteiger partial charge is 0.324 e. The minimum absolute atomic E-state index is 0.232. The molecule has 0 aromatic heterocycles. The Morgan fingerprint density at radius 1 is 1.58 bits per heavy atom. The van der Waals surface area contributed by atoms with Gasteiger partial charge in [0.05, 0.1) is 6.42 Å². The van der Waals surface area contributed by atoms with E-state index in [1.165, 1.54) is 0 Å². The summed E-state index contributed by atoms with van der Waals surface area (Å²) >= 11 is 0. The summed E-state index contributed by atoms with van der Waals surface area (Å²) < 4.78 is 4.95. The molecule has 4 heteroatoms. The number of methoxy groups -OCH3 is 1. The van der Waals surface area contributed by atoms with Crippen molar-refractivity contribution >= 4 is 5.97 Å². The summed E-state index contributed by atoms with van der Waals surface area (Å²) in [7, 11) is 1.62. The average molecular weight is 175 g/mol. The van der Waals surface area contributed by atoms with Crippen LogP contribution in [-0.2, 0) is 14.4 Å². The molecule has 0 spiro atoms.